The van der Waals surface area contributed by atoms with Crippen molar-refractivity contribution in [3.63, 3.8) is 0 Å². The van der Waals surface area contributed by atoms with Crippen molar-refractivity contribution in [3.8, 4) is 22.3 Å². The molecule has 0 N–H and O–H groups in total. The highest BCUT2D eigenvalue weighted by Crippen LogP contribution is 2.32. The number of hydrogen-bond acceptors (Lipinski definition) is 1. The number of pyridine rings is 1. The largest absolute Gasteiger partial charge is 0.334 e. The summed E-state index contributed by atoms with van der Waals surface area (Å²) in [6.45, 7) is 2.88. The Morgan fingerprint density at radius 1 is 0.704 bits per heavy atom. The summed E-state index contributed by atoms with van der Waals surface area (Å²) < 4.78 is 3.00. The molecule has 3 aromatic carbocycles. The molecule has 0 amide bonds. The third-order valence-electron chi connectivity index (χ3n) is 4.77. The lowest BCUT2D eigenvalue weighted by atomic mass is 9.96. The minimum Gasteiger partial charge on any atom is -0.334 e. The van der Waals surface area contributed by atoms with E-state index in [-0.39, 0.29) is 0 Å². The summed E-state index contributed by atoms with van der Waals surface area (Å²) in [5.74, 6) is 0. The highest BCUT2D eigenvalue weighted by molar-refractivity contribution is 7.71. The number of aryl methyl sites for hydroxylation is 1. The molecule has 0 bridgehead atoms. The minimum atomic E-state index is 0.772. The molecule has 4 aromatic rings. The molecule has 1 aromatic heterocycles. The summed E-state index contributed by atoms with van der Waals surface area (Å²) in [5.41, 5.74) is 7.28. The van der Waals surface area contributed by atoms with Crippen molar-refractivity contribution in [1.29, 1.82) is 0 Å². The van der Waals surface area contributed by atoms with E-state index in [1.807, 2.05) is 12.1 Å². The first-order valence-electron chi connectivity index (χ1n) is 9.11. The Balaban J connectivity index is 1.85. The Labute approximate surface area is 165 Å². The lowest BCUT2D eigenvalue weighted by Gasteiger charge is -2.15. The van der Waals surface area contributed by atoms with Gasteiger partial charge in [-0.05, 0) is 35.2 Å². The van der Waals surface area contributed by atoms with Gasteiger partial charge in [0.05, 0.1) is 0 Å². The number of rotatable bonds is 4. The van der Waals surface area contributed by atoms with E-state index in [9.17, 15) is 0 Å². The molecule has 0 radical (unpaired) electrons. The van der Waals surface area contributed by atoms with E-state index in [2.05, 4.69) is 96.6 Å². The maximum Gasteiger partial charge on any atom is 0.106 e. The first-order chi connectivity index (χ1) is 13.2. The molecule has 0 saturated heterocycles. The Morgan fingerprint density at radius 2 is 1.26 bits per heavy atom. The quantitative estimate of drug-likeness (QED) is 0.355. The summed E-state index contributed by atoms with van der Waals surface area (Å²) in [6.07, 6.45) is 2.19. The van der Waals surface area contributed by atoms with Crippen molar-refractivity contribution < 1.29 is 0 Å². The van der Waals surface area contributed by atoms with Crippen LogP contribution in [0.4, 0.5) is 0 Å². The van der Waals surface area contributed by atoms with E-state index in [1.54, 1.807) is 0 Å². The molecule has 0 aliphatic heterocycles. The average Bonchev–Trinajstić information content (AvgIpc) is 2.72. The van der Waals surface area contributed by atoms with E-state index in [1.165, 1.54) is 33.4 Å². The fourth-order valence-electron chi connectivity index (χ4n) is 3.29. The molecule has 27 heavy (non-hydrogen) atoms. The van der Waals surface area contributed by atoms with Crippen molar-refractivity contribution in [3.05, 3.63) is 113 Å². The average molecular weight is 368 g/mol. The van der Waals surface area contributed by atoms with Crippen LogP contribution in [-0.4, -0.2) is 4.57 Å². The molecule has 4 rings (SSSR count). The summed E-state index contributed by atoms with van der Waals surface area (Å²) in [5, 5.41) is 0. The van der Waals surface area contributed by atoms with Gasteiger partial charge in [0.2, 0.25) is 0 Å². The molecule has 0 atom stereocenters. The van der Waals surface area contributed by atoms with E-state index in [4.69, 9.17) is 12.2 Å². The SMILES string of the molecule is Cc1ccc(Cn2cc(-c3ccccc3)c(-c3ccccc3)cc2=S)cc1. The Morgan fingerprint density at radius 3 is 1.85 bits per heavy atom. The van der Waals surface area contributed by atoms with Crippen LogP contribution in [0.1, 0.15) is 11.1 Å². The second-order valence-electron chi connectivity index (χ2n) is 6.78. The van der Waals surface area contributed by atoms with E-state index < -0.39 is 0 Å². The van der Waals surface area contributed by atoms with Crippen LogP contribution in [0.25, 0.3) is 22.3 Å². The van der Waals surface area contributed by atoms with Gasteiger partial charge >= 0.3 is 0 Å². The summed E-state index contributed by atoms with van der Waals surface area (Å²) >= 11 is 5.74. The minimum absolute atomic E-state index is 0.772. The molecule has 0 aliphatic rings. The molecule has 0 spiro atoms. The predicted molar refractivity (Wildman–Crippen MR) is 116 cm³/mol. The normalized spacial score (nSPS) is 10.7. The van der Waals surface area contributed by atoms with Crippen LogP contribution >= 0.6 is 12.2 Å². The van der Waals surface area contributed by atoms with Crippen molar-refractivity contribution in [2.24, 2.45) is 0 Å². The Bertz CT molecular complexity index is 1090. The lowest BCUT2D eigenvalue weighted by Crippen LogP contribution is -2.03. The highest BCUT2D eigenvalue weighted by Gasteiger charge is 2.10. The molecule has 1 nitrogen and oxygen atoms in total. The fourth-order valence-corrected chi connectivity index (χ4v) is 3.53. The molecular weight excluding hydrogens is 346 g/mol. The van der Waals surface area contributed by atoms with Gasteiger partial charge in [-0.15, -0.1) is 0 Å². The molecule has 0 unspecified atom stereocenters. The van der Waals surface area contributed by atoms with Crippen LogP contribution in [-0.2, 0) is 6.54 Å². The van der Waals surface area contributed by atoms with Crippen LogP contribution in [0.3, 0.4) is 0 Å². The highest BCUT2D eigenvalue weighted by atomic mass is 32.1. The topological polar surface area (TPSA) is 4.93 Å². The zero-order valence-corrected chi connectivity index (χ0v) is 16.1. The van der Waals surface area contributed by atoms with Crippen LogP contribution < -0.4 is 0 Å². The second kappa shape index (κ2) is 7.73. The van der Waals surface area contributed by atoms with Gasteiger partial charge in [0.15, 0.2) is 0 Å². The van der Waals surface area contributed by atoms with Crippen LogP contribution in [0.2, 0.25) is 0 Å². The summed E-state index contributed by atoms with van der Waals surface area (Å²) in [7, 11) is 0. The second-order valence-corrected chi connectivity index (χ2v) is 7.20. The van der Waals surface area contributed by atoms with Gasteiger partial charge in [-0.1, -0.05) is 103 Å². The van der Waals surface area contributed by atoms with Crippen LogP contribution in [0.5, 0.6) is 0 Å². The van der Waals surface area contributed by atoms with E-state index in [0.717, 1.165) is 11.2 Å². The fraction of sp³-hybridized carbons (Fsp3) is 0.0800. The van der Waals surface area contributed by atoms with E-state index >= 15 is 0 Å². The van der Waals surface area contributed by atoms with Crippen molar-refractivity contribution >= 4 is 12.2 Å². The van der Waals surface area contributed by atoms with Gasteiger partial charge in [-0.2, -0.15) is 0 Å². The van der Waals surface area contributed by atoms with Crippen LogP contribution in [0.15, 0.2) is 97.2 Å². The van der Waals surface area contributed by atoms with Gasteiger partial charge in [0.25, 0.3) is 0 Å². The number of nitrogens with zero attached hydrogens (tertiary/aromatic N) is 1. The molecular formula is C25H21NS. The third-order valence-corrected chi connectivity index (χ3v) is 5.12. The van der Waals surface area contributed by atoms with Gasteiger partial charge in [-0.25, -0.2) is 0 Å². The Kier molecular flexibility index (Phi) is 4.99. The molecule has 0 aliphatic carbocycles. The smallest absolute Gasteiger partial charge is 0.106 e. The predicted octanol–water partition coefficient (Wildman–Crippen LogP) is 6.91. The van der Waals surface area contributed by atoms with Crippen molar-refractivity contribution in [2.75, 3.05) is 0 Å². The van der Waals surface area contributed by atoms with Crippen LogP contribution in [0, 0.1) is 11.6 Å². The molecule has 2 heteroatoms. The molecule has 0 fully saturated rings. The van der Waals surface area contributed by atoms with Crippen molar-refractivity contribution in [1.82, 2.24) is 4.57 Å². The van der Waals surface area contributed by atoms with Gasteiger partial charge < -0.3 is 4.57 Å². The standard InChI is InChI=1S/C25H21NS/c1-19-12-14-20(15-13-19)17-26-18-24(22-10-6-3-7-11-22)23(16-25(26)27)21-8-4-2-5-9-21/h2-16,18H,17H2,1H3. The van der Waals surface area contributed by atoms with Gasteiger partial charge in [0.1, 0.15) is 4.64 Å². The van der Waals surface area contributed by atoms with Gasteiger partial charge in [0, 0.05) is 18.3 Å². The summed E-state index contributed by atoms with van der Waals surface area (Å²) in [4.78, 5) is 0. The molecule has 1 heterocycles. The number of hydrogen-bond donors (Lipinski definition) is 0. The lowest BCUT2D eigenvalue weighted by molar-refractivity contribution is 0.781. The Hall–Kier alpha value is -2.97. The maximum atomic E-state index is 5.74. The maximum absolute atomic E-state index is 5.74. The molecule has 132 valence electrons. The zero-order chi connectivity index (χ0) is 18.6. The van der Waals surface area contributed by atoms with Crippen molar-refractivity contribution in [2.45, 2.75) is 13.5 Å². The first-order valence-corrected chi connectivity index (χ1v) is 9.52. The number of aromatic nitrogens is 1. The third kappa shape index (κ3) is 3.91. The first kappa shape index (κ1) is 17.4. The van der Waals surface area contributed by atoms with E-state index in [0.29, 0.717) is 0 Å². The zero-order valence-electron chi connectivity index (χ0n) is 15.3. The number of benzene rings is 3. The molecule has 0 saturated carbocycles. The monoisotopic (exact) mass is 367 g/mol. The summed E-state index contributed by atoms with van der Waals surface area (Å²) in [6, 6.07) is 31.7. The van der Waals surface area contributed by atoms with Gasteiger partial charge in [-0.3, -0.25) is 0 Å².